The van der Waals surface area contributed by atoms with Crippen LogP contribution in [0.2, 0.25) is 12.6 Å². The Labute approximate surface area is 171 Å². The van der Waals surface area contributed by atoms with Crippen LogP contribution in [0.15, 0.2) is 12.1 Å². The average Bonchev–Trinajstić information content (AvgIpc) is 2.71. The van der Waals surface area contributed by atoms with Crippen LogP contribution in [0.4, 0.5) is 13.2 Å². The van der Waals surface area contributed by atoms with Crippen LogP contribution >= 0.6 is 0 Å². The van der Waals surface area contributed by atoms with E-state index >= 15 is 0 Å². The van der Waals surface area contributed by atoms with Crippen LogP contribution in [0.25, 0.3) is 0 Å². The van der Waals surface area contributed by atoms with Gasteiger partial charge in [-0.3, -0.25) is 0 Å². The van der Waals surface area contributed by atoms with Gasteiger partial charge in [-0.1, -0.05) is 51.1 Å². The van der Waals surface area contributed by atoms with Gasteiger partial charge in [0.1, 0.15) is 0 Å². The van der Waals surface area contributed by atoms with Crippen LogP contribution in [-0.2, 0) is 6.42 Å². The number of hydrogen-bond acceptors (Lipinski definition) is 0. The summed E-state index contributed by atoms with van der Waals surface area (Å²) in [5.74, 6) is 0.0222. The Hall–Kier alpha value is -0.773. The Morgan fingerprint density at radius 1 is 0.786 bits per heavy atom. The molecule has 2 saturated carbocycles. The predicted molar refractivity (Wildman–Crippen MR) is 114 cm³/mol. The zero-order chi connectivity index (χ0) is 19.9. The Bertz CT molecular complexity index is 579. The monoisotopic (exact) mass is 410 g/mol. The van der Waals surface area contributed by atoms with Crippen molar-refractivity contribution in [1.29, 1.82) is 0 Å². The van der Waals surface area contributed by atoms with Gasteiger partial charge in [-0.25, -0.2) is 13.2 Å². The van der Waals surface area contributed by atoms with Gasteiger partial charge in [-0.2, -0.15) is 0 Å². The molecule has 0 saturated heterocycles. The second-order valence-electron chi connectivity index (χ2n) is 9.47. The fraction of sp³-hybridized carbons (Fsp3) is 0.750. The first kappa shape index (κ1) is 21.9. The molecule has 0 atom stereocenters. The Morgan fingerprint density at radius 2 is 1.29 bits per heavy atom. The van der Waals surface area contributed by atoms with E-state index in [0.29, 0.717) is 17.9 Å². The lowest BCUT2D eigenvalue weighted by molar-refractivity contribution is 0.141. The van der Waals surface area contributed by atoms with Crippen molar-refractivity contribution < 1.29 is 13.2 Å². The number of aryl methyl sites for hydroxylation is 1. The largest absolute Gasteiger partial charge is 0.204 e. The molecule has 158 valence electrons. The summed E-state index contributed by atoms with van der Waals surface area (Å²) in [4.78, 5) is 0. The van der Waals surface area contributed by atoms with Crippen LogP contribution < -0.4 is 0 Å². The molecule has 2 fully saturated rings. The van der Waals surface area contributed by atoms with Gasteiger partial charge < -0.3 is 0 Å². The molecule has 0 aromatic heterocycles. The van der Waals surface area contributed by atoms with Gasteiger partial charge in [0.25, 0.3) is 0 Å². The highest BCUT2D eigenvalue weighted by atomic mass is 28.2. The lowest BCUT2D eigenvalue weighted by Gasteiger charge is -2.38. The third-order valence-corrected chi connectivity index (χ3v) is 8.76. The smallest absolute Gasteiger partial charge is 0.194 e. The van der Waals surface area contributed by atoms with Crippen molar-refractivity contribution in [1.82, 2.24) is 0 Å². The number of rotatable bonds is 8. The van der Waals surface area contributed by atoms with Crippen molar-refractivity contribution in [2.45, 2.75) is 89.6 Å². The topological polar surface area (TPSA) is 0 Å². The quantitative estimate of drug-likeness (QED) is 0.244. The van der Waals surface area contributed by atoms with Gasteiger partial charge in [-0.15, -0.1) is 0 Å². The minimum atomic E-state index is -1.36. The standard InChI is InChI=1S/C24H37F3Si/c1-28-14-2-3-17-6-10-20(11-7-17)21-12-8-18(9-13-21)4-5-19-15-22(25)24(27)23(26)16-19/h15-18,20-21H,2-14,28H2,1H3/t17-,18-,20-,21-. The van der Waals surface area contributed by atoms with Gasteiger partial charge in [0.05, 0.1) is 0 Å². The highest BCUT2D eigenvalue weighted by Crippen LogP contribution is 2.43. The molecule has 0 radical (unpaired) electrons. The first-order valence-electron chi connectivity index (χ1n) is 11.7. The minimum absolute atomic E-state index is 0.254. The second kappa shape index (κ2) is 10.8. The maximum Gasteiger partial charge on any atom is 0.194 e. The highest BCUT2D eigenvalue weighted by molar-refractivity contribution is 6.33. The molecule has 3 rings (SSSR count). The summed E-state index contributed by atoms with van der Waals surface area (Å²) < 4.78 is 39.8. The molecule has 4 heteroatoms. The van der Waals surface area contributed by atoms with Crippen molar-refractivity contribution >= 4 is 9.52 Å². The SMILES string of the molecule is C[SiH2]CCC[C@H]1CC[C@H]([C@H]2CC[C@H](CCc3cc(F)c(F)c(F)c3)CC2)CC1. The summed E-state index contributed by atoms with van der Waals surface area (Å²) in [5.41, 5.74) is 0.586. The minimum Gasteiger partial charge on any atom is -0.204 e. The molecule has 0 unspecified atom stereocenters. The lowest BCUT2D eigenvalue weighted by Crippen LogP contribution is -2.26. The van der Waals surface area contributed by atoms with E-state index in [0.717, 1.165) is 36.3 Å². The van der Waals surface area contributed by atoms with Crippen molar-refractivity contribution in [3.05, 3.63) is 35.1 Å². The lowest BCUT2D eigenvalue weighted by atomic mass is 9.68. The Balaban J connectivity index is 1.36. The molecule has 0 nitrogen and oxygen atoms in total. The molecule has 0 amide bonds. The molecular weight excluding hydrogens is 373 g/mol. The summed E-state index contributed by atoms with van der Waals surface area (Å²) >= 11 is 0. The van der Waals surface area contributed by atoms with E-state index in [1.165, 1.54) is 70.3 Å². The summed E-state index contributed by atoms with van der Waals surface area (Å²) in [5, 5.41) is 0. The number of benzene rings is 1. The molecule has 2 aliphatic rings. The van der Waals surface area contributed by atoms with E-state index in [1.807, 2.05) is 0 Å². The van der Waals surface area contributed by atoms with E-state index in [1.54, 1.807) is 0 Å². The molecule has 0 bridgehead atoms. The van der Waals surface area contributed by atoms with Crippen LogP contribution in [0.5, 0.6) is 0 Å². The molecule has 0 aliphatic heterocycles. The zero-order valence-corrected chi connectivity index (χ0v) is 18.9. The third-order valence-electron chi connectivity index (χ3n) is 7.55. The zero-order valence-electron chi connectivity index (χ0n) is 17.5. The van der Waals surface area contributed by atoms with Crippen molar-refractivity contribution in [3.8, 4) is 0 Å². The fourth-order valence-electron chi connectivity index (χ4n) is 5.70. The molecule has 1 aromatic carbocycles. The van der Waals surface area contributed by atoms with E-state index in [4.69, 9.17) is 0 Å². The summed E-state index contributed by atoms with van der Waals surface area (Å²) in [6.45, 7) is 2.42. The molecule has 1 aromatic rings. The van der Waals surface area contributed by atoms with E-state index in [9.17, 15) is 13.2 Å². The second-order valence-corrected chi connectivity index (χ2v) is 11.2. The molecule has 0 N–H and O–H groups in total. The Morgan fingerprint density at radius 3 is 1.79 bits per heavy atom. The highest BCUT2D eigenvalue weighted by Gasteiger charge is 2.30. The maximum atomic E-state index is 13.4. The average molecular weight is 411 g/mol. The normalized spacial score (nSPS) is 28.9. The van der Waals surface area contributed by atoms with Gasteiger partial charge in [0.15, 0.2) is 17.5 Å². The fourth-order valence-corrected chi connectivity index (χ4v) is 6.49. The van der Waals surface area contributed by atoms with E-state index < -0.39 is 17.5 Å². The van der Waals surface area contributed by atoms with Gasteiger partial charge in [0, 0.05) is 9.52 Å². The molecule has 0 spiro atoms. The van der Waals surface area contributed by atoms with E-state index in [-0.39, 0.29) is 9.52 Å². The molecule has 28 heavy (non-hydrogen) atoms. The summed E-state index contributed by atoms with van der Waals surface area (Å²) in [6.07, 6.45) is 15.5. The molecule has 0 heterocycles. The van der Waals surface area contributed by atoms with Crippen LogP contribution in [0.1, 0.15) is 76.2 Å². The van der Waals surface area contributed by atoms with Gasteiger partial charge >= 0.3 is 0 Å². The van der Waals surface area contributed by atoms with Crippen LogP contribution in [0, 0.1) is 41.1 Å². The van der Waals surface area contributed by atoms with Gasteiger partial charge in [0.2, 0.25) is 0 Å². The van der Waals surface area contributed by atoms with E-state index in [2.05, 4.69) is 6.55 Å². The summed E-state index contributed by atoms with van der Waals surface area (Å²) in [7, 11) is 0.254. The predicted octanol–water partition coefficient (Wildman–Crippen LogP) is 7.06. The molecular formula is C24H37F3Si. The van der Waals surface area contributed by atoms with Crippen molar-refractivity contribution in [3.63, 3.8) is 0 Å². The van der Waals surface area contributed by atoms with Crippen LogP contribution in [0.3, 0.4) is 0 Å². The number of hydrogen-bond donors (Lipinski definition) is 0. The van der Waals surface area contributed by atoms with Crippen LogP contribution in [-0.4, -0.2) is 9.52 Å². The third kappa shape index (κ3) is 6.11. The maximum absolute atomic E-state index is 13.4. The first-order valence-corrected chi connectivity index (χ1v) is 14.1. The Kier molecular flexibility index (Phi) is 8.49. The first-order chi connectivity index (χ1) is 13.6. The van der Waals surface area contributed by atoms with Crippen molar-refractivity contribution in [2.24, 2.45) is 23.7 Å². The number of halogens is 3. The summed E-state index contributed by atoms with van der Waals surface area (Å²) in [6, 6.07) is 3.84. The molecule has 2 aliphatic carbocycles. The van der Waals surface area contributed by atoms with Gasteiger partial charge in [-0.05, 0) is 79.9 Å². The van der Waals surface area contributed by atoms with Crippen molar-refractivity contribution in [2.75, 3.05) is 0 Å².